The molecule has 4 nitrogen and oxygen atoms in total. The SMILES string of the molecule is CC(C)C1OCCC1CNC(=O)[C@@H](C)N. The van der Waals surface area contributed by atoms with Crippen LogP contribution < -0.4 is 11.1 Å². The number of nitrogens with two attached hydrogens (primary N) is 1. The number of hydrogen-bond acceptors (Lipinski definition) is 3. The first kappa shape index (κ1) is 12.5. The molecule has 0 aromatic carbocycles. The molecule has 0 bridgehead atoms. The lowest BCUT2D eigenvalue weighted by molar-refractivity contribution is -0.122. The van der Waals surface area contributed by atoms with Crippen molar-refractivity contribution in [1.29, 1.82) is 0 Å². The predicted molar refractivity (Wildman–Crippen MR) is 59.3 cm³/mol. The van der Waals surface area contributed by atoms with E-state index in [0.29, 0.717) is 18.4 Å². The van der Waals surface area contributed by atoms with E-state index < -0.39 is 6.04 Å². The van der Waals surface area contributed by atoms with E-state index in [1.165, 1.54) is 0 Å². The first-order valence-corrected chi connectivity index (χ1v) is 5.67. The fourth-order valence-electron chi connectivity index (χ4n) is 2.00. The average molecular weight is 214 g/mol. The molecule has 1 heterocycles. The standard InChI is InChI=1S/C11H22N2O2/c1-7(2)10-9(4-5-15-10)6-13-11(14)8(3)12/h7-10H,4-6,12H2,1-3H3,(H,13,14)/t8-,9?,10?/m1/s1. The fourth-order valence-corrected chi connectivity index (χ4v) is 2.00. The fraction of sp³-hybridized carbons (Fsp3) is 0.909. The van der Waals surface area contributed by atoms with Crippen molar-refractivity contribution in [1.82, 2.24) is 5.32 Å². The quantitative estimate of drug-likeness (QED) is 0.716. The summed E-state index contributed by atoms with van der Waals surface area (Å²) in [5, 5.41) is 2.86. The second-order valence-electron chi connectivity index (χ2n) is 4.66. The molecule has 2 unspecified atom stereocenters. The lowest BCUT2D eigenvalue weighted by atomic mass is 9.93. The molecule has 1 saturated heterocycles. The minimum absolute atomic E-state index is 0.0793. The van der Waals surface area contributed by atoms with E-state index in [0.717, 1.165) is 13.0 Å². The van der Waals surface area contributed by atoms with Crippen LogP contribution in [-0.4, -0.2) is 31.2 Å². The van der Waals surface area contributed by atoms with Crippen LogP contribution in [0, 0.1) is 11.8 Å². The van der Waals surface area contributed by atoms with Crippen LogP contribution in [-0.2, 0) is 9.53 Å². The number of nitrogens with one attached hydrogen (secondary N) is 1. The van der Waals surface area contributed by atoms with Gasteiger partial charge in [0.05, 0.1) is 12.1 Å². The summed E-state index contributed by atoms with van der Waals surface area (Å²) in [6.45, 7) is 7.48. The molecule has 1 fully saturated rings. The van der Waals surface area contributed by atoms with Crippen LogP contribution in [0.2, 0.25) is 0 Å². The number of carbonyl (C=O) groups is 1. The number of rotatable bonds is 4. The van der Waals surface area contributed by atoms with Gasteiger partial charge in [0, 0.05) is 19.1 Å². The van der Waals surface area contributed by atoms with Crippen molar-refractivity contribution < 1.29 is 9.53 Å². The van der Waals surface area contributed by atoms with Gasteiger partial charge in [0.15, 0.2) is 0 Å². The molecule has 0 aromatic rings. The van der Waals surface area contributed by atoms with Crippen LogP contribution in [0.4, 0.5) is 0 Å². The van der Waals surface area contributed by atoms with E-state index >= 15 is 0 Å². The summed E-state index contributed by atoms with van der Waals surface area (Å²) in [5.74, 6) is 0.863. The highest BCUT2D eigenvalue weighted by Crippen LogP contribution is 2.25. The van der Waals surface area contributed by atoms with E-state index in [4.69, 9.17) is 10.5 Å². The van der Waals surface area contributed by atoms with Crippen molar-refractivity contribution in [2.75, 3.05) is 13.2 Å². The highest BCUT2D eigenvalue weighted by Gasteiger charge is 2.30. The molecule has 0 saturated carbocycles. The van der Waals surface area contributed by atoms with Crippen molar-refractivity contribution >= 4 is 5.91 Å². The van der Waals surface area contributed by atoms with Crippen molar-refractivity contribution in [3.8, 4) is 0 Å². The van der Waals surface area contributed by atoms with Gasteiger partial charge in [-0.2, -0.15) is 0 Å². The Balaban J connectivity index is 2.35. The third-order valence-corrected chi connectivity index (χ3v) is 2.87. The predicted octanol–water partition coefficient (Wildman–Crippen LogP) is 0.511. The van der Waals surface area contributed by atoms with Crippen LogP contribution in [0.15, 0.2) is 0 Å². The van der Waals surface area contributed by atoms with E-state index in [9.17, 15) is 4.79 Å². The van der Waals surface area contributed by atoms with Gasteiger partial charge in [-0.05, 0) is 19.3 Å². The number of hydrogen-bond donors (Lipinski definition) is 2. The van der Waals surface area contributed by atoms with Gasteiger partial charge in [-0.25, -0.2) is 0 Å². The summed E-state index contributed by atoms with van der Waals surface area (Å²) in [5.41, 5.74) is 5.47. The summed E-state index contributed by atoms with van der Waals surface area (Å²) < 4.78 is 5.64. The third kappa shape index (κ3) is 3.47. The number of carbonyl (C=O) groups excluding carboxylic acids is 1. The average Bonchev–Trinajstić information content (AvgIpc) is 2.61. The highest BCUT2D eigenvalue weighted by atomic mass is 16.5. The summed E-state index contributed by atoms with van der Waals surface area (Å²) >= 11 is 0. The molecular formula is C11H22N2O2. The van der Waals surface area contributed by atoms with Crippen molar-refractivity contribution in [2.24, 2.45) is 17.6 Å². The van der Waals surface area contributed by atoms with E-state index in [-0.39, 0.29) is 12.0 Å². The maximum atomic E-state index is 11.3. The number of ether oxygens (including phenoxy) is 1. The monoisotopic (exact) mass is 214 g/mol. The first-order chi connectivity index (χ1) is 7.02. The summed E-state index contributed by atoms with van der Waals surface area (Å²) in [7, 11) is 0. The van der Waals surface area contributed by atoms with Gasteiger partial charge < -0.3 is 15.8 Å². The Morgan fingerprint density at radius 1 is 1.53 bits per heavy atom. The summed E-state index contributed by atoms with van der Waals surface area (Å²) in [6, 6.07) is -0.426. The Kier molecular flexibility index (Phi) is 4.54. The summed E-state index contributed by atoms with van der Waals surface area (Å²) in [6.07, 6.45) is 1.31. The normalized spacial score (nSPS) is 28.1. The molecule has 3 atom stereocenters. The molecule has 15 heavy (non-hydrogen) atoms. The smallest absolute Gasteiger partial charge is 0.236 e. The lowest BCUT2D eigenvalue weighted by Gasteiger charge is -2.22. The zero-order valence-corrected chi connectivity index (χ0v) is 9.82. The Hall–Kier alpha value is -0.610. The molecule has 1 aliphatic rings. The Bertz CT molecular complexity index is 217. The molecule has 1 amide bonds. The molecule has 1 aliphatic heterocycles. The molecule has 3 N–H and O–H groups in total. The third-order valence-electron chi connectivity index (χ3n) is 2.87. The second kappa shape index (κ2) is 5.47. The van der Waals surface area contributed by atoms with Gasteiger partial charge in [0.2, 0.25) is 5.91 Å². The van der Waals surface area contributed by atoms with E-state index in [2.05, 4.69) is 19.2 Å². The molecule has 0 aliphatic carbocycles. The Labute approximate surface area is 91.5 Å². The van der Waals surface area contributed by atoms with Crippen molar-refractivity contribution in [2.45, 2.75) is 39.3 Å². The van der Waals surface area contributed by atoms with Gasteiger partial charge in [-0.3, -0.25) is 4.79 Å². The molecular weight excluding hydrogens is 192 g/mol. The second-order valence-corrected chi connectivity index (χ2v) is 4.66. The Morgan fingerprint density at radius 2 is 2.20 bits per heavy atom. The lowest BCUT2D eigenvalue weighted by Crippen LogP contribution is -2.42. The van der Waals surface area contributed by atoms with Crippen LogP contribution in [0.1, 0.15) is 27.2 Å². The van der Waals surface area contributed by atoms with Gasteiger partial charge in [-0.1, -0.05) is 13.8 Å². The van der Waals surface area contributed by atoms with E-state index in [1.807, 2.05) is 0 Å². The maximum Gasteiger partial charge on any atom is 0.236 e. The molecule has 0 radical (unpaired) electrons. The largest absolute Gasteiger partial charge is 0.378 e. The zero-order chi connectivity index (χ0) is 11.4. The highest BCUT2D eigenvalue weighted by molar-refractivity contribution is 5.80. The molecule has 88 valence electrons. The van der Waals surface area contributed by atoms with Gasteiger partial charge in [0.25, 0.3) is 0 Å². The van der Waals surface area contributed by atoms with Crippen molar-refractivity contribution in [3.05, 3.63) is 0 Å². The minimum atomic E-state index is -0.426. The van der Waals surface area contributed by atoms with Crippen LogP contribution >= 0.6 is 0 Å². The van der Waals surface area contributed by atoms with Gasteiger partial charge >= 0.3 is 0 Å². The maximum absolute atomic E-state index is 11.3. The molecule has 0 aromatic heterocycles. The Morgan fingerprint density at radius 3 is 2.73 bits per heavy atom. The minimum Gasteiger partial charge on any atom is -0.378 e. The van der Waals surface area contributed by atoms with Gasteiger partial charge in [-0.15, -0.1) is 0 Å². The molecule has 4 heteroatoms. The van der Waals surface area contributed by atoms with Crippen LogP contribution in [0.3, 0.4) is 0 Å². The van der Waals surface area contributed by atoms with Crippen LogP contribution in [0.5, 0.6) is 0 Å². The van der Waals surface area contributed by atoms with Crippen molar-refractivity contribution in [3.63, 3.8) is 0 Å². The van der Waals surface area contributed by atoms with Gasteiger partial charge in [0.1, 0.15) is 0 Å². The summed E-state index contributed by atoms with van der Waals surface area (Å²) in [4.78, 5) is 11.3. The molecule has 0 spiro atoms. The molecule has 1 rings (SSSR count). The zero-order valence-electron chi connectivity index (χ0n) is 9.82. The van der Waals surface area contributed by atoms with Crippen LogP contribution in [0.25, 0.3) is 0 Å². The first-order valence-electron chi connectivity index (χ1n) is 5.67. The van der Waals surface area contributed by atoms with E-state index in [1.54, 1.807) is 6.92 Å². The topological polar surface area (TPSA) is 64.3 Å². The number of amides is 1.